The number of hydrogen-bond acceptors (Lipinski definition) is 15. The molecule has 600 valence electrons. The van der Waals surface area contributed by atoms with Crippen LogP contribution in [0.25, 0.3) is 0 Å². The number of carbonyl (C=O) groups excluding carboxylic acids is 4. The largest absolute Gasteiger partial charge is 0.472 e. The van der Waals surface area contributed by atoms with Crippen LogP contribution in [0.4, 0.5) is 0 Å². The average Bonchev–Trinajstić information content (AvgIpc) is 0.912. The molecule has 5 atom stereocenters. The zero-order chi connectivity index (χ0) is 76.0. The Kier molecular flexibility index (Phi) is 73.7. The second kappa shape index (κ2) is 76.9. The van der Waals surface area contributed by atoms with Crippen molar-refractivity contribution < 1.29 is 80.2 Å². The molecule has 0 aromatic rings. The quantitative estimate of drug-likeness (QED) is 0.0169. The molecule has 0 radical (unpaired) electrons. The van der Waals surface area contributed by atoms with E-state index in [2.05, 4.69) is 137 Å². The van der Waals surface area contributed by atoms with E-state index in [4.69, 9.17) is 37.0 Å². The molecule has 0 aromatic carbocycles. The first-order valence-corrected chi connectivity index (χ1v) is 44.1. The molecule has 5 unspecified atom stereocenters. The lowest BCUT2D eigenvalue weighted by Gasteiger charge is -2.21. The monoisotopic (exact) mass is 1500 g/mol. The Hall–Kier alpha value is -4.28. The van der Waals surface area contributed by atoms with E-state index in [1.807, 2.05) is 0 Å². The molecule has 0 spiro atoms. The van der Waals surface area contributed by atoms with Crippen LogP contribution in [-0.4, -0.2) is 96.7 Å². The van der Waals surface area contributed by atoms with Gasteiger partial charge in [-0.1, -0.05) is 298 Å². The van der Waals surface area contributed by atoms with Crippen molar-refractivity contribution in [2.24, 2.45) is 0 Å². The fourth-order valence-electron chi connectivity index (χ4n) is 11.0. The molecule has 19 heteroatoms. The maximum absolute atomic E-state index is 13.1. The van der Waals surface area contributed by atoms with Crippen molar-refractivity contribution in [1.82, 2.24) is 0 Å². The van der Waals surface area contributed by atoms with E-state index in [0.29, 0.717) is 25.7 Å². The third kappa shape index (κ3) is 75.9. The molecular formula is C85H148O17P2. The summed E-state index contributed by atoms with van der Waals surface area (Å²) in [5.74, 6) is -2.23. The lowest BCUT2D eigenvalue weighted by atomic mass is 10.0. The molecule has 0 aliphatic heterocycles. The van der Waals surface area contributed by atoms with E-state index >= 15 is 0 Å². The number of rotatable bonds is 77. The Bertz CT molecular complexity index is 2390. The summed E-state index contributed by atoms with van der Waals surface area (Å²) in [4.78, 5) is 73.1. The highest BCUT2D eigenvalue weighted by molar-refractivity contribution is 7.47. The van der Waals surface area contributed by atoms with Gasteiger partial charge in [0.1, 0.15) is 19.3 Å². The summed E-state index contributed by atoms with van der Waals surface area (Å²) >= 11 is 0. The van der Waals surface area contributed by atoms with Crippen LogP contribution in [0.5, 0.6) is 0 Å². The second-order valence-corrected chi connectivity index (χ2v) is 30.2. The van der Waals surface area contributed by atoms with Crippen molar-refractivity contribution in [1.29, 1.82) is 0 Å². The van der Waals surface area contributed by atoms with E-state index < -0.39 is 97.5 Å². The number of ether oxygens (including phenoxy) is 4. The van der Waals surface area contributed by atoms with Crippen molar-refractivity contribution in [3.8, 4) is 0 Å². The minimum atomic E-state index is -4.99. The molecule has 17 nitrogen and oxygen atoms in total. The van der Waals surface area contributed by atoms with Crippen LogP contribution >= 0.6 is 15.6 Å². The number of aliphatic hydroxyl groups is 1. The molecule has 0 aliphatic carbocycles. The van der Waals surface area contributed by atoms with Gasteiger partial charge in [0.25, 0.3) is 0 Å². The molecule has 0 aliphatic rings. The zero-order valence-electron chi connectivity index (χ0n) is 65.7. The van der Waals surface area contributed by atoms with Crippen LogP contribution in [-0.2, 0) is 65.4 Å². The summed E-state index contributed by atoms with van der Waals surface area (Å²) in [7, 11) is -9.97. The fourth-order valence-corrected chi connectivity index (χ4v) is 12.5. The number of aliphatic hydroxyl groups excluding tert-OH is 1. The normalized spacial score (nSPS) is 14.4. The van der Waals surface area contributed by atoms with Crippen LogP contribution in [0, 0.1) is 0 Å². The third-order valence-corrected chi connectivity index (χ3v) is 19.1. The predicted octanol–water partition coefficient (Wildman–Crippen LogP) is 24.1. The molecule has 0 fully saturated rings. The van der Waals surface area contributed by atoms with E-state index in [1.54, 1.807) is 0 Å². The van der Waals surface area contributed by atoms with Gasteiger partial charge in [0.15, 0.2) is 12.2 Å². The number of carbonyl (C=O) groups is 4. The number of allylic oxidation sites excluding steroid dienone is 18. The number of hydrogen-bond donors (Lipinski definition) is 3. The maximum Gasteiger partial charge on any atom is 0.472 e. The third-order valence-electron chi connectivity index (χ3n) is 17.2. The van der Waals surface area contributed by atoms with Gasteiger partial charge >= 0.3 is 39.5 Å². The minimum Gasteiger partial charge on any atom is -0.462 e. The van der Waals surface area contributed by atoms with Crippen molar-refractivity contribution in [3.05, 3.63) is 109 Å². The Morgan fingerprint density at radius 2 is 0.500 bits per heavy atom. The van der Waals surface area contributed by atoms with Crippen LogP contribution in [0.1, 0.15) is 349 Å². The van der Waals surface area contributed by atoms with Gasteiger partial charge in [-0.2, -0.15) is 0 Å². The van der Waals surface area contributed by atoms with Crippen molar-refractivity contribution in [3.63, 3.8) is 0 Å². The molecular weight excluding hydrogens is 1350 g/mol. The van der Waals surface area contributed by atoms with Crippen LogP contribution in [0.15, 0.2) is 109 Å². The Labute approximate surface area is 632 Å². The van der Waals surface area contributed by atoms with Crippen LogP contribution < -0.4 is 0 Å². The van der Waals surface area contributed by atoms with Crippen molar-refractivity contribution >= 4 is 39.5 Å². The van der Waals surface area contributed by atoms with Gasteiger partial charge in [0.05, 0.1) is 26.4 Å². The number of esters is 4. The van der Waals surface area contributed by atoms with E-state index in [9.17, 15) is 43.2 Å². The van der Waals surface area contributed by atoms with E-state index in [0.717, 1.165) is 167 Å². The average molecular weight is 1500 g/mol. The zero-order valence-corrected chi connectivity index (χ0v) is 67.5. The summed E-state index contributed by atoms with van der Waals surface area (Å²) in [5.41, 5.74) is 0. The summed E-state index contributed by atoms with van der Waals surface area (Å²) in [6, 6.07) is 0. The highest BCUT2D eigenvalue weighted by atomic mass is 31.2. The van der Waals surface area contributed by atoms with Gasteiger partial charge < -0.3 is 33.8 Å². The molecule has 0 heterocycles. The molecule has 104 heavy (non-hydrogen) atoms. The Morgan fingerprint density at radius 1 is 0.279 bits per heavy atom. The molecule has 0 bridgehead atoms. The van der Waals surface area contributed by atoms with Gasteiger partial charge in [-0.05, 0) is 135 Å². The van der Waals surface area contributed by atoms with Gasteiger partial charge in [-0.25, -0.2) is 9.13 Å². The van der Waals surface area contributed by atoms with Crippen molar-refractivity contribution in [2.75, 3.05) is 39.6 Å². The molecule has 0 amide bonds. The van der Waals surface area contributed by atoms with E-state index in [1.165, 1.54) is 103 Å². The first kappa shape index (κ1) is 99.7. The minimum absolute atomic E-state index is 0.0747. The van der Waals surface area contributed by atoms with Gasteiger partial charge in [-0.15, -0.1) is 0 Å². The van der Waals surface area contributed by atoms with Crippen LogP contribution in [0.3, 0.4) is 0 Å². The maximum atomic E-state index is 13.1. The summed E-state index contributed by atoms with van der Waals surface area (Å²) in [6.07, 6.45) is 83.4. The van der Waals surface area contributed by atoms with Gasteiger partial charge in [0.2, 0.25) is 0 Å². The Morgan fingerprint density at radius 3 is 0.808 bits per heavy atom. The molecule has 3 N–H and O–H groups in total. The Balaban J connectivity index is 5.39. The van der Waals surface area contributed by atoms with E-state index in [-0.39, 0.29) is 25.7 Å². The predicted molar refractivity (Wildman–Crippen MR) is 427 cm³/mol. The topological polar surface area (TPSA) is 237 Å². The smallest absolute Gasteiger partial charge is 0.462 e. The number of unbranched alkanes of at least 4 members (excludes halogenated alkanes) is 33. The SMILES string of the molecule is CC/C=C\C/C=C\C/C=C\C/C=C\CCCCC(=O)OCC(COP(=O)(O)OCC(O)COP(=O)(O)OCC(COC(=O)CCCCCCCC/C=C\C/C=C\C/C=C\CCCCC)OC(=O)CCCCCCC/C=C\C/C=C\CCCCC)OC(=O)CCCCCCCCCCCCCCCCC. The summed E-state index contributed by atoms with van der Waals surface area (Å²) < 4.78 is 68.6. The summed E-state index contributed by atoms with van der Waals surface area (Å²) in [5, 5.41) is 10.7. The lowest BCUT2D eigenvalue weighted by Crippen LogP contribution is -2.30. The highest BCUT2D eigenvalue weighted by Crippen LogP contribution is 2.45. The molecule has 0 aromatic heterocycles. The van der Waals surface area contributed by atoms with Crippen LogP contribution in [0.2, 0.25) is 0 Å². The summed E-state index contributed by atoms with van der Waals surface area (Å²) in [6.45, 7) is 4.68. The van der Waals surface area contributed by atoms with Gasteiger partial charge in [-0.3, -0.25) is 37.3 Å². The lowest BCUT2D eigenvalue weighted by molar-refractivity contribution is -0.161. The number of phosphoric ester groups is 2. The second-order valence-electron chi connectivity index (χ2n) is 27.3. The first-order chi connectivity index (χ1) is 50.7. The van der Waals surface area contributed by atoms with Crippen molar-refractivity contribution in [2.45, 2.75) is 367 Å². The van der Waals surface area contributed by atoms with Gasteiger partial charge in [0, 0.05) is 25.7 Å². The first-order valence-electron chi connectivity index (χ1n) is 41.1. The molecule has 0 rings (SSSR count). The standard InChI is InChI=1S/C85H148O17P2/c1-5-9-13-17-21-25-29-33-37-38-39-40-44-46-50-54-58-62-66-70-83(88)96-76-81(102-85(90)72-68-64-60-56-52-48-43-36-32-28-24-20-16-12-8-4)78-100-104(93,94)98-74-79(86)73-97-103(91,92)99-77-80(101-84(89)71-67-63-59-55-51-47-42-35-31-27-23-19-15-11-7-3)75-95-82(87)69-65-61-57-53-49-45-41-34-30-26-22-18-14-10-6-2/h10,14,21-22,24-26,28,33-34,36-37,39-41,43,49,53,79-81,86H,5-9,11-13,15-20,23,27,29-32,35,38,42,44-48,50-52,54-78H2,1-4H3,(H,91,92)(H,93,94)/b14-10-,25-21-,26-22-,28-24-,37-33-,40-39-,41-34-,43-36-,53-49-. The highest BCUT2D eigenvalue weighted by Gasteiger charge is 2.30. The fraction of sp³-hybridized carbons (Fsp3) is 0.741. The molecule has 0 saturated carbocycles. The number of phosphoric acid groups is 2. The molecule has 0 saturated heterocycles.